The smallest absolute Gasteiger partial charge is 0.231 e. The van der Waals surface area contributed by atoms with Gasteiger partial charge in [-0.1, -0.05) is 32.0 Å². The molecule has 1 aromatic rings. The van der Waals surface area contributed by atoms with E-state index in [4.69, 9.17) is 20.2 Å². The van der Waals surface area contributed by atoms with E-state index in [-0.39, 0.29) is 47.6 Å². The zero-order chi connectivity index (χ0) is 23.8. The molecule has 33 heavy (non-hydrogen) atoms. The molecule has 180 valence electrons. The summed E-state index contributed by atoms with van der Waals surface area (Å²) >= 11 is 0. The molecular formula is C25H36N4O4. The highest BCUT2D eigenvalue weighted by Crippen LogP contribution is 2.46. The lowest BCUT2D eigenvalue weighted by Crippen LogP contribution is -2.57. The minimum atomic E-state index is -0.500. The maximum Gasteiger partial charge on any atom is 0.231 e. The van der Waals surface area contributed by atoms with Crippen molar-refractivity contribution in [1.29, 1.82) is 0 Å². The topological polar surface area (TPSA) is 106 Å². The second-order valence-corrected chi connectivity index (χ2v) is 10.0. The molecule has 3 N–H and O–H groups in total. The van der Waals surface area contributed by atoms with Gasteiger partial charge in [0.05, 0.1) is 24.6 Å². The number of ether oxygens (including phenoxy) is 2. The Balaban J connectivity index is 1.48. The van der Waals surface area contributed by atoms with Crippen molar-refractivity contribution < 1.29 is 19.1 Å². The van der Waals surface area contributed by atoms with Crippen LogP contribution >= 0.6 is 0 Å². The maximum absolute atomic E-state index is 13.2. The van der Waals surface area contributed by atoms with Crippen LogP contribution in [0.1, 0.15) is 58.1 Å². The molecule has 2 heterocycles. The van der Waals surface area contributed by atoms with Gasteiger partial charge in [-0.3, -0.25) is 14.5 Å². The first-order valence-electron chi connectivity index (χ1n) is 11.9. The third-order valence-corrected chi connectivity index (χ3v) is 7.53. The number of benzene rings is 1. The number of carbonyl (C=O) groups excluding carboxylic acids is 2. The Morgan fingerprint density at radius 1 is 1.39 bits per heavy atom. The lowest BCUT2D eigenvalue weighted by molar-refractivity contribution is -0.133. The van der Waals surface area contributed by atoms with Crippen molar-refractivity contribution in [3.05, 3.63) is 29.8 Å². The zero-order valence-corrected chi connectivity index (χ0v) is 20.0. The molecule has 3 aliphatic rings. The Morgan fingerprint density at radius 3 is 2.85 bits per heavy atom. The van der Waals surface area contributed by atoms with Gasteiger partial charge in [0.15, 0.2) is 5.96 Å². The van der Waals surface area contributed by atoms with Gasteiger partial charge in [-0.15, -0.1) is 0 Å². The molecule has 0 saturated heterocycles. The van der Waals surface area contributed by atoms with E-state index in [1.54, 1.807) is 12.0 Å². The molecule has 2 aliphatic heterocycles. The summed E-state index contributed by atoms with van der Waals surface area (Å²) in [5.41, 5.74) is 6.86. The van der Waals surface area contributed by atoms with Gasteiger partial charge in [-0.25, -0.2) is 4.99 Å². The highest BCUT2D eigenvalue weighted by Gasteiger charge is 2.52. The quantitative estimate of drug-likeness (QED) is 0.625. The summed E-state index contributed by atoms with van der Waals surface area (Å²) < 4.78 is 11.0. The third-order valence-electron chi connectivity index (χ3n) is 7.53. The Bertz CT molecular complexity index is 933. The van der Waals surface area contributed by atoms with E-state index >= 15 is 0 Å². The number of hydrogen-bond donors (Lipinski definition) is 2. The van der Waals surface area contributed by atoms with Gasteiger partial charge in [0.1, 0.15) is 5.75 Å². The predicted octanol–water partition coefficient (Wildman–Crippen LogP) is 2.63. The number of aliphatic imine (C=N–C) groups is 1. The normalized spacial score (nSPS) is 29.7. The van der Waals surface area contributed by atoms with Crippen LogP contribution in [0.4, 0.5) is 0 Å². The van der Waals surface area contributed by atoms with Crippen LogP contribution in [0.5, 0.6) is 5.75 Å². The zero-order valence-electron chi connectivity index (χ0n) is 20.0. The third kappa shape index (κ3) is 4.71. The van der Waals surface area contributed by atoms with E-state index < -0.39 is 5.54 Å². The van der Waals surface area contributed by atoms with Crippen molar-refractivity contribution in [2.45, 2.75) is 64.1 Å². The van der Waals surface area contributed by atoms with Crippen LogP contribution in [0, 0.1) is 17.8 Å². The van der Waals surface area contributed by atoms with Crippen molar-refractivity contribution >= 4 is 17.8 Å². The second kappa shape index (κ2) is 9.33. The summed E-state index contributed by atoms with van der Waals surface area (Å²) in [4.78, 5) is 32.7. The van der Waals surface area contributed by atoms with Crippen LogP contribution in [0.3, 0.4) is 0 Å². The monoisotopic (exact) mass is 456 g/mol. The van der Waals surface area contributed by atoms with E-state index in [0.29, 0.717) is 26.1 Å². The minimum Gasteiger partial charge on any atom is -0.493 e. The maximum atomic E-state index is 13.2. The Kier molecular flexibility index (Phi) is 6.66. The van der Waals surface area contributed by atoms with Crippen molar-refractivity contribution in [3.63, 3.8) is 0 Å². The molecular weight excluding hydrogens is 420 g/mol. The highest BCUT2D eigenvalue weighted by atomic mass is 16.5. The Morgan fingerprint density at radius 2 is 2.15 bits per heavy atom. The van der Waals surface area contributed by atoms with Crippen molar-refractivity contribution in [3.8, 4) is 5.75 Å². The molecule has 1 aliphatic carbocycles. The van der Waals surface area contributed by atoms with Crippen LogP contribution in [0.25, 0.3) is 0 Å². The number of nitrogens with two attached hydrogens (primary N) is 1. The second-order valence-electron chi connectivity index (χ2n) is 10.0. The van der Waals surface area contributed by atoms with Gasteiger partial charge in [0.25, 0.3) is 0 Å². The van der Waals surface area contributed by atoms with E-state index in [0.717, 1.165) is 24.2 Å². The summed E-state index contributed by atoms with van der Waals surface area (Å²) in [7, 11) is 1.64. The lowest BCUT2D eigenvalue weighted by Gasteiger charge is -2.41. The Hall–Kier alpha value is -2.61. The first kappa shape index (κ1) is 23.5. The van der Waals surface area contributed by atoms with Gasteiger partial charge in [-0.05, 0) is 37.7 Å². The Labute approximate surface area is 195 Å². The van der Waals surface area contributed by atoms with Crippen molar-refractivity contribution in [2.24, 2.45) is 28.5 Å². The number of carbonyl (C=O) groups is 2. The number of rotatable bonds is 8. The number of methoxy groups -OCH3 is 1. The van der Waals surface area contributed by atoms with Crippen LogP contribution < -0.4 is 15.8 Å². The number of para-hydroxylation sites is 1. The molecule has 0 radical (unpaired) electrons. The van der Waals surface area contributed by atoms with Crippen LogP contribution in [-0.2, 0) is 14.3 Å². The molecule has 1 unspecified atom stereocenters. The first-order valence-corrected chi connectivity index (χ1v) is 11.9. The molecule has 1 saturated carbocycles. The molecule has 0 bridgehead atoms. The molecule has 1 aromatic carbocycles. The molecule has 8 nitrogen and oxygen atoms in total. The number of amides is 2. The van der Waals surface area contributed by atoms with Gasteiger partial charge in [0, 0.05) is 37.7 Å². The van der Waals surface area contributed by atoms with Gasteiger partial charge < -0.3 is 20.5 Å². The number of nitrogens with one attached hydrogen (secondary N) is 1. The fraction of sp³-hybridized carbons (Fsp3) is 0.640. The summed E-state index contributed by atoms with van der Waals surface area (Å²) in [5.74, 6) is 1.17. The average Bonchev–Trinajstić information content (AvgIpc) is 3.56. The molecule has 0 spiro atoms. The predicted molar refractivity (Wildman–Crippen MR) is 126 cm³/mol. The molecule has 4 rings (SSSR count). The summed E-state index contributed by atoms with van der Waals surface area (Å²) in [6, 6.07) is 7.57. The van der Waals surface area contributed by atoms with Gasteiger partial charge in [-0.2, -0.15) is 0 Å². The molecule has 8 heteroatoms. The number of guanidine groups is 1. The van der Waals surface area contributed by atoms with Crippen LogP contribution in [0.15, 0.2) is 29.3 Å². The van der Waals surface area contributed by atoms with Gasteiger partial charge in [0.2, 0.25) is 11.8 Å². The number of nitrogens with zero attached hydrogens (tertiary/aromatic N) is 2. The fourth-order valence-corrected chi connectivity index (χ4v) is 5.05. The molecule has 1 fully saturated rings. The minimum absolute atomic E-state index is 0.0239. The molecule has 2 amide bonds. The summed E-state index contributed by atoms with van der Waals surface area (Å²) in [6.07, 6.45) is 2.40. The number of fused-ring (bicyclic) bond motifs is 1. The average molecular weight is 457 g/mol. The number of hydrogen-bond acceptors (Lipinski definition) is 6. The van der Waals surface area contributed by atoms with E-state index in [1.807, 2.05) is 31.2 Å². The SMILES string of the molecule is COCC[C@H](C1C[C@H]1C(=O)N[C@H]1CCOc2ccccc21)N1C(=O)C[C@@](C)(C(C)C)N=C1N. The molecule has 0 aromatic heterocycles. The van der Waals surface area contributed by atoms with Crippen molar-refractivity contribution in [1.82, 2.24) is 10.2 Å². The summed E-state index contributed by atoms with van der Waals surface area (Å²) in [6.45, 7) is 7.15. The standard InChI is InChI=1S/C25H36N4O4/c1-15(2)25(3)14-22(30)29(24(26)28-25)20(10-11-32-4)17-13-18(17)23(31)27-19-9-12-33-21-8-6-5-7-16(19)21/h5-8,15,17-20H,9-14H2,1-4H3,(H2,26,28)(H,27,31)/t17?,18-,19+,20-,25+/m1/s1. The van der Waals surface area contributed by atoms with Gasteiger partial charge >= 0.3 is 0 Å². The van der Waals surface area contributed by atoms with Crippen LogP contribution in [0.2, 0.25) is 0 Å². The van der Waals surface area contributed by atoms with E-state index in [2.05, 4.69) is 19.2 Å². The largest absolute Gasteiger partial charge is 0.493 e. The lowest BCUT2D eigenvalue weighted by atomic mass is 9.84. The van der Waals surface area contributed by atoms with Crippen LogP contribution in [-0.4, -0.2) is 54.6 Å². The first-order chi connectivity index (χ1) is 15.7. The van der Waals surface area contributed by atoms with E-state index in [1.165, 1.54) is 0 Å². The fourth-order valence-electron chi connectivity index (χ4n) is 5.05. The van der Waals surface area contributed by atoms with Crippen molar-refractivity contribution in [2.75, 3.05) is 20.3 Å². The highest BCUT2D eigenvalue weighted by molar-refractivity contribution is 5.99. The van der Waals surface area contributed by atoms with E-state index in [9.17, 15) is 9.59 Å². The molecule has 5 atom stereocenters. The summed E-state index contributed by atoms with van der Waals surface area (Å²) in [5, 5.41) is 3.22.